The molecular weight excluding hydrogens is 174 g/mol. The van der Waals surface area contributed by atoms with E-state index in [1.165, 1.54) is 51.4 Å². The SMILES string of the molecule is OC(C1CCCC1)C1CCCCCN1. The molecule has 1 heterocycles. The lowest BCUT2D eigenvalue weighted by molar-refractivity contribution is 0.0693. The zero-order chi connectivity index (χ0) is 9.80. The zero-order valence-electron chi connectivity index (χ0n) is 9.04. The number of aliphatic hydroxyl groups excluding tert-OH is 1. The molecule has 2 aliphatic rings. The van der Waals surface area contributed by atoms with E-state index in [0.29, 0.717) is 12.0 Å². The van der Waals surface area contributed by atoms with Crippen LogP contribution in [0.5, 0.6) is 0 Å². The molecule has 1 saturated carbocycles. The Labute approximate surface area is 87.1 Å². The first-order valence-electron chi connectivity index (χ1n) is 6.29. The van der Waals surface area contributed by atoms with E-state index in [-0.39, 0.29) is 6.10 Å². The van der Waals surface area contributed by atoms with Crippen LogP contribution < -0.4 is 5.32 Å². The van der Waals surface area contributed by atoms with Crippen LogP contribution in [0.15, 0.2) is 0 Å². The lowest BCUT2D eigenvalue weighted by atomic mass is 9.92. The fraction of sp³-hybridized carbons (Fsp3) is 1.00. The third kappa shape index (κ3) is 2.48. The fourth-order valence-corrected chi connectivity index (χ4v) is 2.97. The van der Waals surface area contributed by atoms with Gasteiger partial charge in [0.15, 0.2) is 0 Å². The molecule has 2 fully saturated rings. The van der Waals surface area contributed by atoms with Crippen molar-refractivity contribution in [2.24, 2.45) is 5.92 Å². The molecule has 0 bridgehead atoms. The van der Waals surface area contributed by atoms with Crippen LogP contribution >= 0.6 is 0 Å². The van der Waals surface area contributed by atoms with Gasteiger partial charge in [-0.05, 0) is 38.1 Å². The Hall–Kier alpha value is -0.0800. The predicted octanol–water partition coefficient (Wildman–Crippen LogP) is 2.07. The van der Waals surface area contributed by atoms with E-state index in [9.17, 15) is 5.11 Å². The summed E-state index contributed by atoms with van der Waals surface area (Å²) in [6.07, 6.45) is 10.2. The highest BCUT2D eigenvalue weighted by Gasteiger charge is 2.29. The third-order valence-electron chi connectivity index (χ3n) is 3.89. The van der Waals surface area contributed by atoms with Crippen LogP contribution in [0.2, 0.25) is 0 Å². The maximum atomic E-state index is 10.2. The number of hydrogen-bond acceptors (Lipinski definition) is 2. The molecule has 2 unspecified atom stereocenters. The van der Waals surface area contributed by atoms with Crippen molar-refractivity contribution in [3.63, 3.8) is 0 Å². The minimum Gasteiger partial charge on any atom is -0.391 e. The quantitative estimate of drug-likeness (QED) is 0.710. The molecular formula is C12H23NO. The van der Waals surface area contributed by atoms with Gasteiger partial charge in [-0.2, -0.15) is 0 Å². The second-order valence-electron chi connectivity index (χ2n) is 4.95. The smallest absolute Gasteiger partial charge is 0.0721 e. The molecule has 0 aromatic carbocycles. The van der Waals surface area contributed by atoms with E-state index in [4.69, 9.17) is 0 Å². The first-order valence-corrected chi connectivity index (χ1v) is 6.29. The van der Waals surface area contributed by atoms with Crippen LogP contribution in [0.4, 0.5) is 0 Å². The van der Waals surface area contributed by atoms with E-state index >= 15 is 0 Å². The van der Waals surface area contributed by atoms with Crippen LogP contribution in [0, 0.1) is 5.92 Å². The Kier molecular flexibility index (Phi) is 3.82. The van der Waals surface area contributed by atoms with Crippen LogP contribution in [0.1, 0.15) is 51.4 Å². The Morgan fingerprint density at radius 2 is 1.64 bits per heavy atom. The van der Waals surface area contributed by atoms with E-state index in [2.05, 4.69) is 5.32 Å². The molecule has 82 valence electrons. The average molecular weight is 197 g/mol. The molecule has 0 aromatic rings. The van der Waals surface area contributed by atoms with E-state index in [0.717, 1.165) is 6.54 Å². The Balaban J connectivity index is 1.84. The standard InChI is InChI=1S/C12H23NO/c14-12(10-6-3-4-7-10)11-8-2-1-5-9-13-11/h10-14H,1-9H2. The maximum absolute atomic E-state index is 10.2. The van der Waals surface area contributed by atoms with Gasteiger partial charge in [0.2, 0.25) is 0 Å². The average Bonchev–Trinajstić information content (AvgIpc) is 2.59. The van der Waals surface area contributed by atoms with Crippen molar-refractivity contribution < 1.29 is 5.11 Å². The van der Waals surface area contributed by atoms with Crippen LogP contribution in [0.25, 0.3) is 0 Å². The van der Waals surface area contributed by atoms with Gasteiger partial charge in [0.05, 0.1) is 6.10 Å². The van der Waals surface area contributed by atoms with Crippen LogP contribution in [-0.2, 0) is 0 Å². The molecule has 0 radical (unpaired) electrons. The molecule has 14 heavy (non-hydrogen) atoms. The summed E-state index contributed by atoms with van der Waals surface area (Å²) in [4.78, 5) is 0. The van der Waals surface area contributed by atoms with Gasteiger partial charge in [0.1, 0.15) is 0 Å². The molecule has 0 amide bonds. The second-order valence-corrected chi connectivity index (χ2v) is 4.95. The first-order chi connectivity index (χ1) is 6.88. The van der Waals surface area contributed by atoms with E-state index < -0.39 is 0 Å². The molecule has 1 saturated heterocycles. The first kappa shape index (κ1) is 10.4. The highest BCUT2D eigenvalue weighted by molar-refractivity contribution is 4.85. The van der Waals surface area contributed by atoms with E-state index in [1.54, 1.807) is 0 Å². The predicted molar refractivity (Wildman–Crippen MR) is 58.2 cm³/mol. The zero-order valence-corrected chi connectivity index (χ0v) is 9.04. The Morgan fingerprint density at radius 1 is 0.929 bits per heavy atom. The van der Waals surface area contributed by atoms with Gasteiger partial charge in [0, 0.05) is 6.04 Å². The van der Waals surface area contributed by atoms with Gasteiger partial charge >= 0.3 is 0 Å². The fourth-order valence-electron chi connectivity index (χ4n) is 2.97. The van der Waals surface area contributed by atoms with Gasteiger partial charge in [-0.3, -0.25) is 0 Å². The van der Waals surface area contributed by atoms with Crippen molar-refractivity contribution in [3.8, 4) is 0 Å². The van der Waals surface area contributed by atoms with Crippen molar-refractivity contribution in [1.82, 2.24) is 5.32 Å². The van der Waals surface area contributed by atoms with Crippen molar-refractivity contribution >= 4 is 0 Å². The summed E-state index contributed by atoms with van der Waals surface area (Å²) in [7, 11) is 0. The van der Waals surface area contributed by atoms with Gasteiger partial charge in [-0.1, -0.05) is 25.7 Å². The minimum absolute atomic E-state index is 0.0735. The molecule has 0 spiro atoms. The normalized spacial score (nSPS) is 32.8. The summed E-state index contributed by atoms with van der Waals surface area (Å²) < 4.78 is 0. The summed E-state index contributed by atoms with van der Waals surface area (Å²) in [5.74, 6) is 0.589. The second kappa shape index (κ2) is 5.13. The van der Waals surface area contributed by atoms with Crippen LogP contribution in [-0.4, -0.2) is 23.8 Å². The summed E-state index contributed by atoms with van der Waals surface area (Å²) in [6, 6.07) is 0.389. The lowest BCUT2D eigenvalue weighted by Crippen LogP contribution is -2.42. The molecule has 0 aromatic heterocycles. The summed E-state index contributed by atoms with van der Waals surface area (Å²) in [6.45, 7) is 1.11. The molecule has 2 rings (SSSR count). The Morgan fingerprint density at radius 3 is 2.43 bits per heavy atom. The van der Waals surface area contributed by atoms with Crippen molar-refractivity contribution in [3.05, 3.63) is 0 Å². The molecule has 2 nitrogen and oxygen atoms in total. The summed E-state index contributed by atoms with van der Waals surface area (Å²) >= 11 is 0. The molecule has 1 aliphatic heterocycles. The lowest BCUT2D eigenvalue weighted by Gasteiger charge is -2.27. The van der Waals surface area contributed by atoms with E-state index in [1.807, 2.05) is 0 Å². The van der Waals surface area contributed by atoms with Crippen LogP contribution in [0.3, 0.4) is 0 Å². The monoisotopic (exact) mass is 197 g/mol. The summed E-state index contributed by atoms with van der Waals surface area (Å²) in [5.41, 5.74) is 0. The van der Waals surface area contributed by atoms with Gasteiger partial charge < -0.3 is 10.4 Å². The number of nitrogens with one attached hydrogen (secondary N) is 1. The molecule has 1 aliphatic carbocycles. The van der Waals surface area contributed by atoms with Crippen molar-refractivity contribution in [1.29, 1.82) is 0 Å². The summed E-state index contributed by atoms with van der Waals surface area (Å²) in [5, 5.41) is 13.7. The Bertz CT molecular complexity index is 158. The van der Waals surface area contributed by atoms with Gasteiger partial charge in [-0.25, -0.2) is 0 Å². The molecule has 2 heteroatoms. The third-order valence-corrected chi connectivity index (χ3v) is 3.89. The molecule has 2 atom stereocenters. The van der Waals surface area contributed by atoms with Gasteiger partial charge in [-0.15, -0.1) is 0 Å². The number of hydrogen-bond donors (Lipinski definition) is 2. The van der Waals surface area contributed by atoms with Crippen molar-refractivity contribution in [2.75, 3.05) is 6.54 Å². The minimum atomic E-state index is -0.0735. The topological polar surface area (TPSA) is 32.3 Å². The van der Waals surface area contributed by atoms with Gasteiger partial charge in [0.25, 0.3) is 0 Å². The number of rotatable bonds is 2. The maximum Gasteiger partial charge on any atom is 0.0721 e. The highest BCUT2D eigenvalue weighted by atomic mass is 16.3. The highest BCUT2D eigenvalue weighted by Crippen LogP contribution is 2.30. The van der Waals surface area contributed by atoms with Crippen molar-refractivity contribution in [2.45, 2.75) is 63.5 Å². The number of aliphatic hydroxyl groups is 1. The molecule has 2 N–H and O–H groups in total. The largest absolute Gasteiger partial charge is 0.391 e.